The molecule has 1 atom stereocenters. The number of amides is 1. The molecule has 0 radical (unpaired) electrons. The summed E-state index contributed by atoms with van der Waals surface area (Å²) in [5, 5.41) is 21.7. The van der Waals surface area contributed by atoms with Crippen molar-refractivity contribution in [1.82, 2.24) is 5.32 Å². The lowest BCUT2D eigenvalue weighted by Gasteiger charge is -2.17. The molecule has 1 unspecified atom stereocenters. The molecule has 1 amide bonds. The number of nitrogens with zero attached hydrogens (tertiary/aromatic N) is 1. The Kier molecular flexibility index (Phi) is 6.57. The summed E-state index contributed by atoms with van der Waals surface area (Å²) in [7, 11) is 0.229. The van der Waals surface area contributed by atoms with Crippen molar-refractivity contribution in [2.24, 2.45) is 0 Å². The first-order valence-corrected chi connectivity index (χ1v) is 8.90. The quantitative estimate of drug-likeness (QED) is 0.634. The third kappa shape index (κ3) is 5.39. The number of fused-ring (bicyclic) bond motifs is 1. The van der Waals surface area contributed by atoms with Crippen molar-refractivity contribution in [3.05, 3.63) is 47.5 Å². The number of hydrogen-bond donors (Lipinski definition) is 2. The van der Waals surface area contributed by atoms with Crippen LogP contribution in [-0.4, -0.2) is 44.2 Å². The number of alkyl halides is 3. The minimum Gasteiger partial charge on any atom is -0.493 e. The standard InChI is InChI=1S/C19H16BF3N2O6/c1-28-17-15(7-4-12-9-30-20(27)16(12)17)29-10-13(8-24)25-18(26)11-2-5-14(6-3-11)31-19(21,22)23/h2-7,13,27H,9-10H2,1H3,(H,25,26). The zero-order valence-electron chi connectivity index (χ0n) is 16.1. The van der Waals surface area contributed by atoms with Crippen LogP contribution >= 0.6 is 0 Å². The maximum absolute atomic E-state index is 12.3. The molecule has 162 valence electrons. The lowest BCUT2D eigenvalue weighted by atomic mass is 9.78. The van der Waals surface area contributed by atoms with Crippen LogP contribution in [0.2, 0.25) is 0 Å². The normalized spacial score (nSPS) is 13.7. The number of nitrogens with one attached hydrogen (secondary N) is 1. The number of nitriles is 1. The van der Waals surface area contributed by atoms with Crippen molar-refractivity contribution >= 4 is 18.5 Å². The molecule has 0 aliphatic carbocycles. The van der Waals surface area contributed by atoms with E-state index in [4.69, 9.17) is 14.1 Å². The lowest BCUT2D eigenvalue weighted by Crippen LogP contribution is -2.38. The molecule has 31 heavy (non-hydrogen) atoms. The number of carbonyl (C=O) groups is 1. The highest BCUT2D eigenvalue weighted by Gasteiger charge is 2.33. The topological polar surface area (TPSA) is 110 Å². The van der Waals surface area contributed by atoms with Crippen LogP contribution in [0.15, 0.2) is 36.4 Å². The number of ether oxygens (including phenoxy) is 3. The zero-order valence-corrected chi connectivity index (χ0v) is 16.1. The molecule has 1 heterocycles. The first-order valence-electron chi connectivity index (χ1n) is 8.90. The minimum atomic E-state index is -4.84. The van der Waals surface area contributed by atoms with Crippen LogP contribution in [0.1, 0.15) is 15.9 Å². The van der Waals surface area contributed by atoms with Gasteiger partial charge in [-0.25, -0.2) is 0 Å². The molecular formula is C19H16BF3N2O6. The summed E-state index contributed by atoms with van der Waals surface area (Å²) in [6.07, 6.45) is -4.84. The number of rotatable bonds is 7. The molecular weight excluding hydrogens is 420 g/mol. The van der Waals surface area contributed by atoms with E-state index in [1.165, 1.54) is 7.11 Å². The number of halogens is 3. The van der Waals surface area contributed by atoms with Gasteiger partial charge in [0, 0.05) is 11.0 Å². The Morgan fingerprint density at radius 3 is 2.65 bits per heavy atom. The van der Waals surface area contributed by atoms with Gasteiger partial charge in [-0.3, -0.25) is 4.79 Å². The van der Waals surface area contributed by atoms with Crippen molar-refractivity contribution in [2.45, 2.75) is 19.0 Å². The van der Waals surface area contributed by atoms with E-state index in [-0.39, 0.29) is 30.3 Å². The van der Waals surface area contributed by atoms with E-state index < -0.39 is 31.2 Å². The van der Waals surface area contributed by atoms with E-state index in [1.807, 2.05) is 6.07 Å². The molecule has 1 aliphatic heterocycles. The maximum Gasteiger partial charge on any atom is 0.573 e. The van der Waals surface area contributed by atoms with Gasteiger partial charge < -0.3 is 29.2 Å². The maximum atomic E-state index is 12.3. The van der Waals surface area contributed by atoms with E-state index in [2.05, 4.69) is 10.1 Å². The van der Waals surface area contributed by atoms with E-state index in [9.17, 15) is 28.3 Å². The Hall–Kier alpha value is -3.43. The molecule has 0 saturated heterocycles. The molecule has 8 nitrogen and oxygen atoms in total. The summed E-state index contributed by atoms with van der Waals surface area (Å²) >= 11 is 0. The number of benzene rings is 2. The molecule has 2 aromatic carbocycles. The van der Waals surface area contributed by atoms with Crippen LogP contribution in [0.25, 0.3) is 0 Å². The van der Waals surface area contributed by atoms with Crippen LogP contribution in [0, 0.1) is 11.3 Å². The number of methoxy groups -OCH3 is 1. The Morgan fingerprint density at radius 2 is 2.03 bits per heavy atom. The van der Waals surface area contributed by atoms with Gasteiger partial charge in [0.05, 0.1) is 19.8 Å². The van der Waals surface area contributed by atoms with E-state index >= 15 is 0 Å². The Labute approximate surface area is 175 Å². The van der Waals surface area contributed by atoms with Gasteiger partial charge in [-0.1, -0.05) is 6.07 Å². The largest absolute Gasteiger partial charge is 0.573 e. The third-order valence-corrected chi connectivity index (χ3v) is 4.31. The second-order valence-electron chi connectivity index (χ2n) is 6.37. The molecule has 2 N–H and O–H groups in total. The number of carbonyl (C=O) groups excluding carboxylic acids is 1. The Bertz CT molecular complexity index is 994. The van der Waals surface area contributed by atoms with Gasteiger partial charge in [0.15, 0.2) is 17.5 Å². The summed E-state index contributed by atoms with van der Waals surface area (Å²) in [5.41, 5.74) is 1.20. The van der Waals surface area contributed by atoms with Gasteiger partial charge >= 0.3 is 13.5 Å². The highest BCUT2D eigenvalue weighted by atomic mass is 19.4. The molecule has 0 spiro atoms. The highest BCUT2D eigenvalue weighted by Crippen LogP contribution is 2.29. The fourth-order valence-electron chi connectivity index (χ4n) is 2.93. The smallest absolute Gasteiger partial charge is 0.493 e. The molecule has 0 saturated carbocycles. The van der Waals surface area contributed by atoms with Gasteiger partial charge in [0.25, 0.3) is 5.91 Å². The van der Waals surface area contributed by atoms with E-state index in [0.717, 1.165) is 29.8 Å². The number of hydrogen-bond acceptors (Lipinski definition) is 7. The van der Waals surface area contributed by atoms with Crippen molar-refractivity contribution in [3.8, 4) is 23.3 Å². The van der Waals surface area contributed by atoms with E-state index in [1.54, 1.807) is 12.1 Å². The summed E-state index contributed by atoms with van der Waals surface area (Å²) < 4.78 is 56.4. The second-order valence-corrected chi connectivity index (χ2v) is 6.37. The van der Waals surface area contributed by atoms with Crippen molar-refractivity contribution < 1.29 is 41.9 Å². The van der Waals surface area contributed by atoms with Crippen LogP contribution in [0.5, 0.6) is 17.2 Å². The Morgan fingerprint density at radius 1 is 1.32 bits per heavy atom. The monoisotopic (exact) mass is 436 g/mol. The first-order chi connectivity index (χ1) is 14.7. The summed E-state index contributed by atoms with van der Waals surface area (Å²) in [6.45, 7) is -0.0274. The van der Waals surface area contributed by atoms with Crippen molar-refractivity contribution in [1.29, 1.82) is 5.26 Å². The van der Waals surface area contributed by atoms with Crippen LogP contribution in [0.3, 0.4) is 0 Å². The van der Waals surface area contributed by atoms with Gasteiger partial charge in [-0.05, 0) is 35.9 Å². The summed E-state index contributed by atoms with van der Waals surface area (Å²) in [4.78, 5) is 12.3. The van der Waals surface area contributed by atoms with E-state index in [0.29, 0.717) is 5.46 Å². The van der Waals surface area contributed by atoms with Crippen LogP contribution < -0.4 is 25.0 Å². The lowest BCUT2D eigenvalue weighted by molar-refractivity contribution is -0.274. The molecule has 3 rings (SSSR count). The van der Waals surface area contributed by atoms with Crippen LogP contribution in [0.4, 0.5) is 13.2 Å². The second kappa shape index (κ2) is 9.15. The average molecular weight is 436 g/mol. The molecule has 2 aromatic rings. The first kappa shape index (κ1) is 22.3. The summed E-state index contributed by atoms with van der Waals surface area (Å²) in [5.74, 6) is -0.655. The fourth-order valence-corrected chi connectivity index (χ4v) is 2.93. The predicted molar refractivity (Wildman–Crippen MR) is 101 cm³/mol. The highest BCUT2D eigenvalue weighted by molar-refractivity contribution is 6.62. The van der Waals surface area contributed by atoms with Gasteiger partial charge in [0.1, 0.15) is 12.4 Å². The fraction of sp³-hybridized carbons (Fsp3) is 0.263. The third-order valence-electron chi connectivity index (χ3n) is 4.31. The predicted octanol–water partition coefficient (Wildman–Crippen LogP) is 1.51. The average Bonchev–Trinajstić information content (AvgIpc) is 3.11. The minimum absolute atomic E-state index is 0.0326. The molecule has 0 bridgehead atoms. The van der Waals surface area contributed by atoms with Gasteiger partial charge in [0.2, 0.25) is 0 Å². The van der Waals surface area contributed by atoms with Gasteiger partial charge in [-0.15, -0.1) is 13.2 Å². The van der Waals surface area contributed by atoms with Crippen molar-refractivity contribution in [2.75, 3.05) is 13.7 Å². The Balaban J connectivity index is 1.63. The van der Waals surface area contributed by atoms with Crippen LogP contribution in [-0.2, 0) is 11.3 Å². The SMILES string of the molecule is COc1c(OCC(C#N)NC(=O)c2ccc(OC(F)(F)F)cc2)ccc2c1B(O)OC2. The zero-order chi connectivity index (χ0) is 22.6. The van der Waals surface area contributed by atoms with Gasteiger partial charge in [-0.2, -0.15) is 5.26 Å². The molecule has 0 aromatic heterocycles. The summed E-state index contributed by atoms with van der Waals surface area (Å²) in [6, 6.07) is 8.33. The van der Waals surface area contributed by atoms with Crippen molar-refractivity contribution in [3.63, 3.8) is 0 Å². The molecule has 0 fully saturated rings. The molecule has 12 heteroatoms. The molecule has 1 aliphatic rings.